The molecule has 2 aromatic rings. The minimum Gasteiger partial charge on any atom is -0.485 e. The largest absolute Gasteiger partial charge is 0.485 e. The predicted octanol–water partition coefficient (Wildman–Crippen LogP) is 4.32. The van der Waals surface area contributed by atoms with E-state index in [0.29, 0.717) is 21.7 Å². The van der Waals surface area contributed by atoms with Gasteiger partial charge in [0.15, 0.2) is 0 Å². The monoisotopic (exact) mass is 311 g/mol. The normalized spacial score (nSPS) is 20.0. The zero-order valence-corrected chi connectivity index (χ0v) is 12.3. The van der Waals surface area contributed by atoms with Crippen LogP contribution in [0.4, 0.5) is 0 Å². The molecule has 3 nitrogen and oxygen atoms in total. The van der Waals surface area contributed by atoms with E-state index >= 15 is 0 Å². The van der Waals surface area contributed by atoms with Gasteiger partial charge in [-0.05, 0) is 37.2 Å². The Morgan fingerprint density at radius 1 is 1.25 bits per heavy atom. The molecule has 106 valence electrons. The third-order valence-corrected chi connectivity index (χ3v) is 3.93. The van der Waals surface area contributed by atoms with Crippen LogP contribution in [0.2, 0.25) is 10.0 Å². The Labute approximate surface area is 127 Å². The van der Waals surface area contributed by atoms with E-state index < -0.39 is 0 Å². The zero-order chi connectivity index (χ0) is 13.9. The van der Waals surface area contributed by atoms with E-state index in [1.807, 2.05) is 6.07 Å². The number of ether oxygens (including phenoxy) is 1. The summed E-state index contributed by atoms with van der Waals surface area (Å²) in [7, 11) is 0. The third kappa shape index (κ3) is 3.11. The molecule has 2 atom stereocenters. The first kappa shape index (κ1) is 13.8. The van der Waals surface area contributed by atoms with Gasteiger partial charge in [0, 0.05) is 28.1 Å². The average molecular weight is 312 g/mol. The second kappa shape index (κ2) is 6.08. The topological polar surface area (TPSA) is 34.4 Å². The molecule has 0 bridgehead atoms. The summed E-state index contributed by atoms with van der Waals surface area (Å²) >= 11 is 12.0. The molecule has 1 fully saturated rings. The summed E-state index contributed by atoms with van der Waals surface area (Å²) in [6.07, 6.45) is 4.41. The van der Waals surface area contributed by atoms with Crippen molar-refractivity contribution in [2.24, 2.45) is 5.92 Å². The Morgan fingerprint density at radius 2 is 2.05 bits per heavy atom. The number of hydrogen-bond acceptors (Lipinski definition) is 3. The Kier molecular flexibility index (Phi) is 4.20. The molecule has 0 aliphatic carbocycles. The molecular weight excluding hydrogens is 297 g/mol. The van der Waals surface area contributed by atoms with E-state index in [0.717, 1.165) is 25.1 Å². The van der Waals surface area contributed by atoms with Crippen LogP contribution in [0.5, 0.6) is 5.75 Å². The third-order valence-electron chi connectivity index (χ3n) is 3.50. The molecule has 2 heterocycles. The standard InChI is InChI=1S/C15H15Cl2NO2/c16-12-5-13(17)7-14(6-12)20-15(10-1-3-18-8-10)11-2-4-19-9-11/h2,4-7,9-10,15,18H,1,3,8H2/t10-,15?/m0/s1. The van der Waals surface area contributed by atoms with Crippen molar-refractivity contribution in [1.29, 1.82) is 0 Å². The summed E-state index contributed by atoms with van der Waals surface area (Å²) in [6.45, 7) is 1.95. The van der Waals surface area contributed by atoms with Crippen LogP contribution in [0.1, 0.15) is 18.1 Å². The molecule has 1 aromatic heterocycles. The fourth-order valence-corrected chi connectivity index (χ4v) is 3.06. The maximum absolute atomic E-state index is 6.14. The lowest BCUT2D eigenvalue weighted by atomic mass is 9.96. The number of rotatable bonds is 4. The van der Waals surface area contributed by atoms with E-state index in [9.17, 15) is 0 Å². The van der Waals surface area contributed by atoms with Crippen LogP contribution in [-0.2, 0) is 0 Å². The van der Waals surface area contributed by atoms with Gasteiger partial charge in [-0.2, -0.15) is 0 Å². The molecule has 0 radical (unpaired) electrons. The van der Waals surface area contributed by atoms with Gasteiger partial charge in [-0.1, -0.05) is 23.2 Å². The van der Waals surface area contributed by atoms with Gasteiger partial charge in [0.05, 0.1) is 12.5 Å². The number of halogens is 2. The average Bonchev–Trinajstić information content (AvgIpc) is 3.08. The van der Waals surface area contributed by atoms with Crippen LogP contribution in [-0.4, -0.2) is 13.1 Å². The molecule has 20 heavy (non-hydrogen) atoms. The van der Waals surface area contributed by atoms with Crippen LogP contribution in [0, 0.1) is 5.92 Å². The van der Waals surface area contributed by atoms with Crippen molar-refractivity contribution >= 4 is 23.2 Å². The van der Waals surface area contributed by atoms with Crippen molar-refractivity contribution in [3.63, 3.8) is 0 Å². The lowest BCUT2D eigenvalue weighted by Crippen LogP contribution is -2.21. The smallest absolute Gasteiger partial charge is 0.131 e. The first-order chi connectivity index (χ1) is 9.72. The van der Waals surface area contributed by atoms with E-state index in [1.165, 1.54) is 0 Å². The first-order valence-electron chi connectivity index (χ1n) is 6.58. The summed E-state index contributed by atoms with van der Waals surface area (Å²) in [5.74, 6) is 1.09. The van der Waals surface area contributed by atoms with Crippen LogP contribution in [0.25, 0.3) is 0 Å². The molecule has 0 saturated carbocycles. The van der Waals surface area contributed by atoms with Crippen molar-refractivity contribution in [2.75, 3.05) is 13.1 Å². The minimum atomic E-state index is -0.0571. The molecule has 3 rings (SSSR count). The predicted molar refractivity (Wildman–Crippen MR) is 79.5 cm³/mol. The van der Waals surface area contributed by atoms with Gasteiger partial charge in [0.25, 0.3) is 0 Å². The molecule has 1 aliphatic heterocycles. The van der Waals surface area contributed by atoms with Gasteiger partial charge >= 0.3 is 0 Å². The van der Waals surface area contributed by atoms with Gasteiger partial charge in [0.2, 0.25) is 0 Å². The van der Waals surface area contributed by atoms with E-state index in [2.05, 4.69) is 5.32 Å². The number of furan rings is 1. The first-order valence-corrected chi connectivity index (χ1v) is 7.33. The summed E-state index contributed by atoms with van der Waals surface area (Å²) in [5, 5.41) is 4.50. The Balaban J connectivity index is 1.85. The highest BCUT2D eigenvalue weighted by atomic mass is 35.5. The summed E-state index contributed by atoms with van der Waals surface area (Å²) in [5.41, 5.74) is 1.04. The van der Waals surface area contributed by atoms with E-state index in [4.69, 9.17) is 32.4 Å². The van der Waals surface area contributed by atoms with Crippen LogP contribution in [0.15, 0.2) is 41.2 Å². The van der Waals surface area contributed by atoms with Gasteiger partial charge in [-0.25, -0.2) is 0 Å². The molecule has 0 spiro atoms. The Hall–Kier alpha value is -1.16. The molecule has 1 N–H and O–H groups in total. The molecule has 1 saturated heterocycles. The molecule has 5 heteroatoms. The van der Waals surface area contributed by atoms with Crippen molar-refractivity contribution in [3.8, 4) is 5.75 Å². The van der Waals surface area contributed by atoms with Crippen molar-refractivity contribution < 1.29 is 9.15 Å². The zero-order valence-electron chi connectivity index (χ0n) is 10.8. The fraction of sp³-hybridized carbons (Fsp3) is 0.333. The Bertz CT molecular complexity index is 545. The van der Waals surface area contributed by atoms with Crippen LogP contribution in [0.3, 0.4) is 0 Å². The second-order valence-corrected chi connectivity index (χ2v) is 5.83. The number of hydrogen-bond donors (Lipinski definition) is 1. The maximum atomic E-state index is 6.14. The highest BCUT2D eigenvalue weighted by molar-refractivity contribution is 6.34. The van der Waals surface area contributed by atoms with Crippen molar-refractivity contribution in [3.05, 3.63) is 52.4 Å². The van der Waals surface area contributed by atoms with Crippen LogP contribution >= 0.6 is 23.2 Å². The molecule has 0 amide bonds. The van der Waals surface area contributed by atoms with Gasteiger partial charge in [-0.3, -0.25) is 0 Å². The molecule has 1 aromatic carbocycles. The fourth-order valence-electron chi connectivity index (χ4n) is 2.55. The summed E-state index contributed by atoms with van der Waals surface area (Å²) in [6, 6.07) is 7.20. The SMILES string of the molecule is Clc1cc(Cl)cc(OC(c2ccoc2)[C@H]2CCNC2)c1. The molecular formula is C15H15Cl2NO2. The summed E-state index contributed by atoms with van der Waals surface area (Å²) < 4.78 is 11.3. The van der Waals surface area contributed by atoms with Gasteiger partial charge in [-0.15, -0.1) is 0 Å². The van der Waals surface area contributed by atoms with E-state index in [-0.39, 0.29) is 6.10 Å². The maximum Gasteiger partial charge on any atom is 0.131 e. The second-order valence-electron chi connectivity index (χ2n) is 4.95. The molecule has 1 aliphatic rings. The number of benzene rings is 1. The van der Waals surface area contributed by atoms with Crippen molar-refractivity contribution in [1.82, 2.24) is 5.32 Å². The van der Waals surface area contributed by atoms with Crippen molar-refractivity contribution in [2.45, 2.75) is 12.5 Å². The highest BCUT2D eigenvalue weighted by Gasteiger charge is 2.29. The lowest BCUT2D eigenvalue weighted by molar-refractivity contribution is 0.144. The number of nitrogens with one attached hydrogen (secondary N) is 1. The Morgan fingerprint density at radius 3 is 2.65 bits per heavy atom. The minimum absolute atomic E-state index is 0.0571. The highest BCUT2D eigenvalue weighted by Crippen LogP contribution is 2.34. The molecule has 1 unspecified atom stereocenters. The van der Waals surface area contributed by atoms with Gasteiger partial charge < -0.3 is 14.5 Å². The lowest BCUT2D eigenvalue weighted by Gasteiger charge is -2.23. The van der Waals surface area contributed by atoms with Gasteiger partial charge in [0.1, 0.15) is 11.9 Å². The van der Waals surface area contributed by atoms with Crippen LogP contribution < -0.4 is 10.1 Å². The van der Waals surface area contributed by atoms with E-state index in [1.54, 1.807) is 30.7 Å². The summed E-state index contributed by atoms with van der Waals surface area (Å²) in [4.78, 5) is 0. The quantitative estimate of drug-likeness (QED) is 0.913.